The van der Waals surface area contributed by atoms with Gasteiger partial charge in [-0.15, -0.1) is 0 Å². The van der Waals surface area contributed by atoms with Crippen molar-refractivity contribution in [1.29, 1.82) is 0 Å². The molecule has 122 valence electrons. The lowest BCUT2D eigenvalue weighted by Gasteiger charge is -2.26. The normalized spacial score (nSPS) is 16.2. The molecule has 1 amide bonds. The van der Waals surface area contributed by atoms with Crippen LogP contribution in [0.4, 0.5) is 0 Å². The zero-order valence-corrected chi connectivity index (χ0v) is 13.5. The minimum atomic E-state index is -0.139. The maximum absolute atomic E-state index is 11.9. The Balaban J connectivity index is 1.54. The molecular formula is C16H19ClN4O2. The number of nitrogens with one attached hydrogen (secondary N) is 1. The van der Waals surface area contributed by atoms with Gasteiger partial charge in [-0.1, -0.05) is 17.7 Å². The summed E-state index contributed by atoms with van der Waals surface area (Å²) in [5.74, 6) is -0.139. The highest BCUT2D eigenvalue weighted by Gasteiger charge is 2.10. The van der Waals surface area contributed by atoms with Crippen LogP contribution in [0.15, 0.2) is 30.5 Å². The van der Waals surface area contributed by atoms with E-state index in [2.05, 4.69) is 15.2 Å². The van der Waals surface area contributed by atoms with Gasteiger partial charge in [-0.3, -0.25) is 14.1 Å². The summed E-state index contributed by atoms with van der Waals surface area (Å²) in [7, 11) is 0. The molecule has 2 aromatic rings. The second-order valence-corrected chi connectivity index (χ2v) is 5.65. The first-order chi connectivity index (χ1) is 11.2. The van der Waals surface area contributed by atoms with Gasteiger partial charge in [0.05, 0.1) is 18.9 Å². The van der Waals surface area contributed by atoms with E-state index in [-0.39, 0.29) is 5.91 Å². The zero-order chi connectivity index (χ0) is 16.1. The standard InChI is InChI=1S/C16H19ClN4O2/c17-16-13(21-7-2-1-3-14(21)19-16)4-5-15(22)18-6-8-20-9-11-23-12-10-20/h1-5,7H,6,8-12H2,(H,18,22). The number of morpholine rings is 1. The second kappa shape index (κ2) is 7.59. The Morgan fingerprint density at radius 2 is 2.22 bits per heavy atom. The van der Waals surface area contributed by atoms with Crippen LogP contribution in [0.1, 0.15) is 5.69 Å². The monoisotopic (exact) mass is 334 g/mol. The molecule has 2 aromatic heterocycles. The van der Waals surface area contributed by atoms with Gasteiger partial charge in [-0.2, -0.15) is 0 Å². The molecule has 1 fully saturated rings. The van der Waals surface area contributed by atoms with Crippen molar-refractivity contribution in [3.8, 4) is 0 Å². The van der Waals surface area contributed by atoms with Gasteiger partial charge in [0.2, 0.25) is 5.91 Å². The van der Waals surface area contributed by atoms with E-state index in [4.69, 9.17) is 16.3 Å². The lowest BCUT2D eigenvalue weighted by atomic mass is 10.3. The van der Waals surface area contributed by atoms with Gasteiger partial charge in [0.1, 0.15) is 5.65 Å². The molecule has 0 spiro atoms. The van der Waals surface area contributed by atoms with Crippen molar-refractivity contribution in [3.05, 3.63) is 41.3 Å². The summed E-state index contributed by atoms with van der Waals surface area (Å²) in [6.45, 7) is 4.82. The van der Waals surface area contributed by atoms with Crippen molar-refractivity contribution in [2.45, 2.75) is 0 Å². The third-order valence-corrected chi connectivity index (χ3v) is 4.02. The number of ether oxygens (including phenoxy) is 1. The van der Waals surface area contributed by atoms with Crippen molar-refractivity contribution in [2.75, 3.05) is 39.4 Å². The van der Waals surface area contributed by atoms with E-state index in [0.29, 0.717) is 17.4 Å². The topological polar surface area (TPSA) is 58.9 Å². The average Bonchev–Trinajstić information content (AvgIpc) is 2.89. The number of pyridine rings is 1. The van der Waals surface area contributed by atoms with Crippen molar-refractivity contribution >= 4 is 29.2 Å². The van der Waals surface area contributed by atoms with E-state index >= 15 is 0 Å². The molecule has 6 nitrogen and oxygen atoms in total. The number of fused-ring (bicyclic) bond motifs is 1. The van der Waals surface area contributed by atoms with Crippen molar-refractivity contribution in [2.24, 2.45) is 0 Å². The quantitative estimate of drug-likeness (QED) is 0.841. The molecule has 1 N–H and O–H groups in total. The molecular weight excluding hydrogens is 316 g/mol. The van der Waals surface area contributed by atoms with Crippen LogP contribution in [0, 0.1) is 0 Å². The molecule has 0 aliphatic carbocycles. The average molecular weight is 335 g/mol. The smallest absolute Gasteiger partial charge is 0.244 e. The van der Waals surface area contributed by atoms with Crippen LogP contribution in [-0.4, -0.2) is 59.6 Å². The summed E-state index contributed by atoms with van der Waals surface area (Å²) in [4.78, 5) is 18.4. The Hall–Kier alpha value is -1.89. The third kappa shape index (κ3) is 4.10. The molecule has 3 heterocycles. The number of carbonyl (C=O) groups is 1. The molecule has 23 heavy (non-hydrogen) atoms. The minimum Gasteiger partial charge on any atom is -0.379 e. The van der Waals surface area contributed by atoms with E-state index in [1.165, 1.54) is 6.08 Å². The number of imidazole rings is 1. The SMILES string of the molecule is O=C(C=Cc1c(Cl)nc2ccccn12)NCCN1CCOCC1. The van der Waals surface area contributed by atoms with E-state index in [9.17, 15) is 4.79 Å². The Labute approximate surface area is 139 Å². The van der Waals surface area contributed by atoms with Crippen LogP contribution < -0.4 is 5.32 Å². The summed E-state index contributed by atoms with van der Waals surface area (Å²) in [5, 5.41) is 3.26. The molecule has 0 saturated carbocycles. The number of hydrogen-bond donors (Lipinski definition) is 1. The van der Waals surface area contributed by atoms with Crippen molar-refractivity contribution in [3.63, 3.8) is 0 Å². The van der Waals surface area contributed by atoms with Crippen molar-refractivity contribution in [1.82, 2.24) is 19.6 Å². The summed E-state index contributed by atoms with van der Waals surface area (Å²) >= 11 is 6.12. The van der Waals surface area contributed by atoms with Gasteiger partial charge < -0.3 is 10.1 Å². The molecule has 0 radical (unpaired) electrons. The third-order valence-electron chi connectivity index (χ3n) is 3.75. The Morgan fingerprint density at radius 1 is 1.39 bits per heavy atom. The van der Waals surface area contributed by atoms with Gasteiger partial charge in [-0.05, 0) is 18.2 Å². The maximum Gasteiger partial charge on any atom is 0.244 e. The summed E-state index contributed by atoms with van der Waals surface area (Å²) < 4.78 is 7.14. The largest absolute Gasteiger partial charge is 0.379 e. The first-order valence-electron chi connectivity index (χ1n) is 7.62. The highest BCUT2D eigenvalue weighted by Crippen LogP contribution is 2.18. The molecule has 0 aromatic carbocycles. The molecule has 1 saturated heterocycles. The highest BCUT2D eigenvalue weighted by atomic mass is 35.5. The number of amides is 1. The molecule has 0 atom stereocenters. The van der Waals surface area contributed by atoms with Crippen LogP contribution in [0.2, 0.25) is 5.15 Å². The van der Waals surface area contributed by atoms with Crippen LogP contribution in [0.3, 0.4) is 0 Å². The van der Waals surface area contributed by atoms with Crippen molar-refractivity contribution < 1.29 is 9.53 Å². The Morgan fingerprint density at radius 3 is 3.04 bits per heavy atom. The molecule has 3 rings (SSSR count). The van der Waals surface area contributed by atoms with Gasteiger partial charge in [0.25, 0.3) is 0 Å². The Bertz CT molecular complexity index is 707. The van der Waals surface area contributed by atoms with Gasteiger partial charge in [0, 0.05) is 38.5 Å². The molecule has 7 heteroatoms. The number of nitrogens with zero attached hydrogens (tertiary/aromatic N) is 3. The van der Waals surface area contributed by atoms with Crippen LogP contribution in [0.5, 0.6) is 0 Å². The van der Waals surface area contributed by atoms with Gasteiger partial charge in [-0.25, -0.2) is 4.98 Å². The number of halogens is 1. The fourth-order valence-corrected chi connectivity index (χ4v) is 2.75. The van der Waals surface area contributed by atoms with E-state index in [1.807, 2.05) is 28.8 Å². The summed E-state index contributed by atoms with van der Waals surface area (Å²) in [5.41, 5.74) is 1.45. The lowest BCUT2D eigenvalue weighted by Crippen LogP contribution is -2.41. The predicted octanol–water partition coefficient (Wildman–Crippen LogP) is 1.45. The van der Waals surface area contributed by atoms with Gasteiger partial charge in [0.15, 0.2) is 5.15 Å². The predicted molar refractivity (Wildman–Crippen MR) is 89.5 cm³/mol. The first kappa shape index (κ1) is 16.0. The summed E-state index contributed by atoms with van der Waals surface area (Å²) in [6, 6.07) is 5.65. The number of rotatable bonds is 5. The van der Waals surface area contributed by atoms with Crippen LogP contribution >= 0.6 is 11.6 Å². The molecule has 1 aliphatic heterocycles. The van der Waals surface area contributed by atoms with E-state index in [0.717, 1.165) is 38.5 Å². The first-order valence-corrected chi connectivity index (χ1v) is 8.00. The number of hydrogen-bond acceptors (Lipinski definition) is 4. The van der Waals surface area contributed by atoms with E-state index in [1.54, 1.807) is 6.08 Å². The highest BCUT2D eigenvalue weighted by molar-refractivity contribution is 6.31. The Kier molecular flexibility index (Phi) is 5.27. The van der Waals surface area contributed by atoms with Gasteiger partial charge >= 0.3 is 0 Å². The zero-order valence-electron chi connectivity index (χ0n) is 12.7. The lowest BCUT2D eigenvalue weighted by molar-refractivity contribution is -0.116. The van der Waals surface area contributed by atoms with Crippen LogP contribution in [-0.2, 0) is 9.53 Å². The minimum absolute atomic E-state index is 0.139. The fourth-order valence-electron chi connectivity index (χ4n) is 2.51. The van der Waals surface area contributed by atoms with Crippen LogP contribution in [0.25, 0.3) is 11.7 Å². The molecule has 0 bridgehead atoms. The summed E-state index contributed by atoms with van der Waals surface area (Å²) in [6.07, 6.45) is 5.04. The molecule has 1 aliphatic rings. The fraction of sp³-hybridized carbons (Fsp3) is 0.375. The number of carbonyl (C=O) groups excluding carboxylic acids is 1. The van der Waals surface area contributed by atoms with E-state index < -0.39 is 0 Å². The second-order valence-electron chi connectivity index (χ2n) is 5.30. The maximum atomic E-state index is 11.9. The molecule has 0 unspecified atom stereocenters. The number of aromatic nitrogens is 2.